The number of fused-ring (bicyclic) bond motifs is 2. The molecule has 0 N–H and O–H groups in total. The van der Waals surface area contributed by atoms with E-state index in [0.717, 1.165) is 44.6 Å². The van der Waals surface area contributed by atoms with Gasteiger partial charge in [0, 0.05) is 36.0 Å². The van der Waals surface area contributed by atoms with Crippen molar-refractivity contribution in [2.45, 2.75) is 71.4 Å². The van der Waals surface area contributed by atoms with Crippen molar-refractivity contribution in [2.24, 2.45) is 0 Å². The molecule has 0 radical (unpaired) electrons. The number of aromatic nitrogens is 2. The fourth-order valence-electron chi connectivity index (χ4n) is 5.70. The predicted molar refractivity (Wildman–Crippen MR) is 124 cm³/mol. The Balaban J connectivity index is 1.39. The first-order valence-corrected chi connectivity index (χ1v) is 11.7. The third-order valence-electron chi connectivity index (χ3n) is 7.42. The molecule has 2 aromatic rings. The molecule has 1 fully saturated rings. The van der Waals surface area contributed by atoms with E-state index in [0.29, 0.717) is 6.04 Å². The van der Waals surface area contributed by atoms with E-state index >= 15 is 0 Å². The van der Waals surface area contributed by atoms with Gasteiger partial charge >= 0.3 is 0 Å². The lowest BCUT2D eigenvalue weighted by Gasteiger charge is -2.34. The van der Waals surface area contributed by atoms with E-state index in [1.165, 1.54) is 65.1 Å². The number of nitrogens with zero attached hydrogens (tertiary/aromatic N) is 4. The maximum Gasteiger partial charge on any atom is 0.129 e. The van der Waals surface area contributed by atoms with E-state index in [1.54, 1.807) is 0 Å². The lowest BCUT2D eigenvalue weighted by atomic mass is 9.89. The van der Waals surface area contributed by atoms with Crippen molar-refractivity contribution in [3.05, 3.63) is 58.2 Å². The zero-order valence-electron chi connectivity index (χ0n) is 18.7. The molecule has 3 aliphatic rings. The summed E-state index contributed by atoms with van der Waals surface area (Å²) >= 11 is 0. The van der Waals surface area contributed by atoms with E-state index in [4.69, 9.17) is 9.97 Å². The minimum atomic E-state index is 0.701. The average Bonchev–Trinajstić information content (AvgIpc) is 3.16. The van der Waals surface area contributed by atoms with Gasteiger partial charge in [-0.25, -0.2) is 9.97 Å². The number of allylic oxidation sites excluding steroid dienone is 2. The van der Waals surface area contributed by atoms with Crippen molar-refractivity contribution in [3.8, 4) is 0 Å². The van der Waals surface area contributed by atoms with Crippen LogP contribution in [0.15, 0.2) is 24.3 Å². The highest BCUT2D eigenvalue weighted by Gasteiger charge is 2.25. The third kappa shape index (κ3) is 3.66. The maximum absolute atomic E-state index is 5.08. The Labute approximate surface area is 181 Å². The van der Waals surface area contributed by atoms with Gasteiger partial charge in [0.1, 0.15) is 5.82 Å². The Kier molecular flexibility index (Phi) is 5.36. The lowest BCUT2D eigenvalue weighted by molar-refractivity contribution is 0.295. The second-order valence-electron chi connectivity index (χ2n) is 9.37. The summed E-state index contributed by atoms with van der Waals surface area (Å²) in [5, 5.41) is 0. The number of hydrogen-bond acceptors (Lipinski definition) is 4. The molecular weight excluding hydrogens is 368 g/mol. The Bertz CT molecular complexity index is 977. The molecule has 5 rings (SSSR count). The van der Waals surface area contributed by atoms with Crippen molar-refractivity contribution in [1.29, 1.82) is 0 Å². The van der Waals surface area contributed by atoms with Crippen LogP contribution in [0.2, 0.25) is 0 Å². The fraction of sp³-hybridized carbons (Fsp3) is 0.538. The Morgan fingerprint density at radius 1 is 1.10 bits per heavy atom. The third-order valence-corrected chi connectivity index (χ3v) is 7.42. The molecule has 0 saturated carbocycles. The molecule has 1 aliphatic carbocycles. The van der Waals surface area contributed by atoms with Gasteiger partial charge in [-0.2, -0.15) is 0 Å². The van der Waals surface area contributed by atoms with Gasteiger partial charge in [0.15, 0.2) is 0 Å². The Hall–Kier alpha value is -2.20. The number of benzene rings is 1. The number of likely N-dealkylation sites (tertiary alicyclic amines) is 1. The second kappa shape index (κ2) is 8.14. The molecular formula is C26H34N4. The normalized spacial score (nSPS) is 21.4. The van der Waals surface area contributed by atoms with Crippen molar-refractivity contribution in [2.75, 3.05) is 25.0 Å². The number of rotatable bonds is 4. The quantitative estimate of drug-likeness (QED) is 0.740. The number of aryl methyl sites for hydroxylation is 3. The van der Waals surface area contributed by atoms with E-state index in [9.17, 15) is 0 Å². The zero-order chi connectivity index (χ0) is 20.7. The molecule has 0 amide bonds. The average molecular weight is 403 g/mol. The molecule has 4 nitrogen and oxygen atoms in total. The summed E-state index contributed by atoms with van der Waals surface area (Å²) in [4.78, 5) is 15.0. The van der Waals surface area contributed by atoms with Gasteiger partial charge in [0.2, 0.25) is 0 Å². The van der Waals surface area contributed by atoms with Gasteiger partial charge in [-0.3, -0.25) is 0 Å². The molecule has 1 saturated heterocycles. The van der Waals surface area contributed by atoms with Crippen LogP contribution in [-0.2, 0) is 25.8 Å². The van der Waals surface area contributed by atoms with Crippen LogP contribution in [0.5, 0.6) is 0 Å². The molecule has 1 atom stereocenters. The first-order chi connectivity index (χ1) is 14.6. The number of anilines is 1. The van der Waals surface area contributed by atoms with Crippen molar-refractivity contribution in [1.82, 2.24) is 14.9 Å². The molecule has 2 aliphatic heterocycles. The summed E-state index contributed by atoms with van der Waals surface area (Å²) in [6, 6.07) is 7.54. The molecule has 1 aromatic heterocycles. The van der Waals surface area contributed by atoms with Gasteiger partial charge in [-0.1, -0.05) is 18.2 Å². The molecule has 30 heavy (non-hydrogen) atoms. The molecule has 1 aromatic carbocycles. The molecule has 0 spiro atoms. The fourth-order valence-corrected chi connectivity index (χ4v) is 5.70. The number of hydrogen-bond donors (Lipinski definition) is 0. The first-order valence-electron chi connectivity index (χ1n) is 11.7. The van der Waals surface area contributed by atoms with Crippen LogP contribution in [0.25, 0.3) is 5.57 Å². The van der Waals surface area contributed by atoms with Crippen LogP contribution in [-0.4, -0.2) is 41.0 Å². The summed E-state index contributed by atoms with van der Waals surface area (Å²) in [6.45, 7) is 7.63. The lowest BCUT2D eigenvalue weighted by Crippen LogP contribution is -2.33. The minimum absolute atomic E-state index is 0.701. The van der Waals surface area contributed by atoms with Gasteiger partial charge in [-0.05, 0) is 88.7 Å². The summed E-state index contributed by atoms with van der Waals surface area (Å²) in [6.07, 6.45) is 10.6. The van der Waals surface area contributed by atoms with E-state index in [1.807, 2.05) is 0 Å². The van der Waals surface area contributed by atoms with Crippen LogP contribution in [0.1, 0.15) is 66.5 Å². The van der Waals surface area contributed by atoms with Gasteiger partial charge in [0.25, 0.3) is 0 Å². The molecule has 0 bridgehead atoms. The Morgan fingerprint density at radius 3 is 2.83 bits per heavy atom. The van der Waals surface area contributed by atoms with Crippen molar-refractivity contribution < 1.29 is 0 Å². The molecule has 4 heteroatoms. The van der Waals surface area contributed by atoms with Gasteiger partial charge in [0.05, 0.1) is 12.2 Å². The predicted octanol–water partition coefficient (Wildman–Crippen LogP) is 4.72. The molecule has 3 heterocycles. The summed E-state index contributed by atoms with van der Waals surface area (Å²) in [5.74, 6) is 1.04. The van der Waals surface area contributed by atoms with E-state index in [2.05, 4.69) is 55.0 Å². The largest absolute Gasteiger partial charge is 0.365 e. The Morgan fingerprint density at radius 2 is 2.00 bits per heavy atom. The van der Waals surface area contributed by atoms with E-state index < -0.39 is 0 Å². The highest BCUT2D eigenvalue weighted by molar-refractivity contribution is 5.79. The summed E-state index contributed by atoms with van der Waals surface area (Å²) in [5.41, 5.74) is 9.60. The monoisotopic (exact) mass is 402 g/mol. The van der Waals surface area contributed by atoms with Crippen LogP contribution in [0.4, 0.5) is 5.69 Å². The van der Waals surface area contributed by atoms with Gasteiger partial charge < -0.3 is 9.80 Å². The van der Waals surface area contributed by atoms with Crippen LogP contribution < -0.4 is 4.90 Å². The SMILES string of the molecule is CC1=CCCc2cccc(N3CCc4c(C)nc(CC[C@@H]5CCCN5C)nc4C3)c21. The van der Waals surface area contributed by atoms with E-state index in [-0.39, 0.29) is 0 Å². The molecule has 158 valence electrons. The summed E-state index contributed by atoms with van der Waals surface area (Å²) in [7, 11) is 2.26. The summed E-state index contributed by atoms with van der Waals surface area (Å²) < 4.78 is 0. The maximum atomic E-state index is 5.08. The van der Waals surface area contributed by atoms with Crippen LogP contribution >= 0.6 is 0 Å². The smallest absolute Gasteiger partial charge is 0.129 e. The van der Waals surface area contributed by atoms with Crippen molar-refractivity contribution in [3.63, 3.8) is 0 Å². The zero-order valence-corrected chi connectivity index (χ0v) is 18.7. The highest BCUT2D eigenvalue weighted by Crippen LogP contribution is 2.36. The highest BCUT2D eigenvalue weighted by atomic mass is 15.2. The van der Waals surface area contributed by atoms with Crippen molar-refractivity contribution >= 4 is 11.3 Å². The molecule has 0 unspecified atom stereocenters. The minimum Gasteiger partial charge on any atom is -0.365 e. The van der Waals surface area contributed by atoms with Crippen LogP contribution in [0.3, 0.4) is 0 Å². The second-order valence-corrected chi connectivity index (χ2v) is 9.37. The standard InChI is InChI=1S/C26H34N4/c1-18-7-4-8-20-9-5-11-24(26(18)20)30-16-14-22-19(2)27-25(28-23(22)17-30)13-12-21-10-6-15-29(21)3/h5,7,9,11,21H,4,6,8,10,12-17H2,1-3H3/t21-/m0/s1. The van der Waals surface area contributed by atoms with Crippen LogP contribution in [0, 0.1) is 6.92 Å². The topological polar surface area (TPSA) is 32.3 Å². The first kappa shape index (κ1) is 19.7. The van der Waals surface area contributed by atoms with Gasteiger partial charge in [-0.15, -0.1) is 0 Å².